The maximum atomic E-state index is 4.10. The van der Waals surface area contributed by atoms with Gasteiger partial charge in [0.1, 0.15) is 0 Å². The van der Waals surface area contributed by atoms with E-state index in [4.69, 9.17) is 0 Å². The van der Waals surface area contributed by atoms with Crippen LogP contribution in [0.1, 0.15) is 5.69 Å². The van der Waals surface area contributed by atoms with Gasteiger partial charge in [-0.05, 0) is 18.1 Å². The van der Waals surface area contributed by atoms with Crippen LogP contribution in [-0.4, -0.2) is 9.97 Å². The minimum absolute atomic E-state index is 0. The summed E-state index contributed by atoms with van der Waals surface area (Å²) in [5.41, 5.74) is 3.02. The SMILES string of the molecule is Cc1ccc(-c2cccnc2)[c-]n1.[K+]. The number of aryl methyl sites for hydroxylation is 1. The Morgan fingerprint density at radius 2 is 2.07 bits per heavy atom. The van der Waals surface area contributed by atoms with Crippen molar-refractivity contribution in [2.24, 2.45) is 0 Å². The summed E-state index contributed by atoms with van der Waals surface area (Å²) in [5.74, 6) is 0. The van der Waals surface area contributed by atoms with E-state index in [1.165, 1.54) is 0 Å². The fourth-order valence-corrected chi connectivity index (χ4v) is 1.11. The third-order valence-corrected chi connectivity index (χ3v) is 1.82. The maximum absolute atomic E-state index is 4.10. The second kappa shape index (κ2) is 5.73. The van der Waals surface area contributed by atoms with E-state index in [1.807, 2.05) is 37.4 Å². The summed E-state index contributed by atoms with van der Waals surface area (Å²) in [6.07, 6.45) is 6.53. The molecule has 0 aliphatic heterocycles. The number of aromatic nitrogens is 2. The maximum Gasteiger partial charge on any atom is 1.00 e. The Kier molecular flexibility index (Phi) is 4.91. The van der Waals surface area contributed by atoms with E-state index < -0.39 is 0 Å². The fraction of sp³-hybridized carbons (Fsp3) is 0.0909. The molecule has 0 saturated heterocycles. The molecule has 0 aliphatic carbocycles. The Hall–Kier alpha value is -0.0636. The van der Waals surface area contributed by atoms with Crippen LogP contribution in [0.3, 0.4) is 0 Å². The minimum atomic E-state index is 0. The van der Waals surface area contributed by atoms with Crippen LogP contribution in [0.15, 0.2) is 36.7 Å². The molecule has 64 valence electrons. The van der Waals surface area contributed by atoms with Crippen molar-refractivity contribution in [1.29, 1.82) is 0 Å². The molecule has 0 unspecified atom stereocenters. The van der Waals surface area contributed by atoms with Crippen LogP contribution in [0.4, 0.5) is 0 Å². The summed E-state index contributed by atoms with van der Waals surface area (Å²) >= 11 is 0. The summed E-state index contributed by atoms with van der Waals surface area (Å²) in [7, 11) is 0. The average Bonchev–Trinajstić information content (AvgIpc) is 2.20. The van der Waals surface area contributed by atoms with Crippen molar-refractivity contribution < 1.29 is 51.4 Å². The molecule has 0 bridgehead atoms. The van der Waals surface area contributed by atoms with Gasteiger partial charge in [-0.2, -0.15) is 0 Å². The number of hydrogen-bond acceptors (Lipinski definition) is 2. The van der Waals surface area contributed by atoms with Crippen LogP contribution in [0, 0.1) is 13.1 Å². The van der Waals surface area contributed by atoms with E-state index in [0.29, 0.717) is 0 Å². The second-order valence-corrected chi connectivity index (χ2v) is 2.85. The molecule has 2 aromatic heterocycles. The summed E-state index contributed by atoms with van der Waals surface area (Å²) in [6.45, 7) is 1.95. The Morgan fingerprint density at radius 3 is 2.64 bits per heavy atom. The first-order chi connectivity index (χ1) is 6.36. The van der Waals surface area contributed by atoms with Crippen molar-refractivity contribution in [3.05, 3.63) is 48.5 Å². The topological polar surface area (TPSA) is 25.8 Å². The van der Waals surface area contributed by atoms with Gasteiger partial charge >= 0.3 is 51.4 Å². The third-order valence-electron chi connectivity index (χ3n) is 1.82. The number of nitrogens with zero attached hydrogens (tertiary/aromatic N) is 2. The van der Waals surface area contributed by atoms with Crippen molar-refractivity contribution in [2.45, 2.75) is 6.92 Å². The molecule has 0 fully saturated rings. The second-order valence-electron chi connectivity index (χ2n) is 2.85. The van der Waals surface area contributed by atoms with E-state index in [2.05, 4.69) is 16.2 Å². The smallest absolute Gasteiger partial charge is 0.357 e. The van der Waals surface area contributed by atoms with E-state index in [-0.39, 0.29) is 51.4 Å². The molecular formula is C11H9KN2. The first kappa shape index (κ1) is 12.0. The van der Waals surface area contributed by atoms with Crippen LogP contribution in [0.5, 0.6) is 0 Å². The van der Waals surface area contributed by atoms with Gasteiger partial charge in [-0.15, -0.1) is 17.7 Å². The third kappa shape index (κ3) is 2.97. The average molecular weight is 208 g/mol. The molecule has 0 aliphatic rings. The van der Waals surface area contributed by atoms with Crippen molar-refractivity contribution in [3.8, 4) is 11.1 Å². The minimum Gasteiger partial charge on any atom is -0.357 e. The van der Waals surface area contributed by atoms with Crippen LogP contribution in [0.25, 0.3) is 11.1 Å². The van der Waals surface area contributed by atoms with E-state index in [9.17, 15) is 0 Å². The van der Waals surface area contributed by atoms with Crippen LogP contribution in [0.2, 0.25) is 0 Å². The van der Waals surface area contributed by atoms with Gasteiger partial charge in [-0.3, -0.25) is 4.98 Å². The standard InChI is InChI=1S/C11H9N2.K/c1-9-4-5-11(8-13-9)10-3-2-6-12-7-10;/h2-7H,1H3;/q-1;+1. The molecule has 0 radical (unpaired) electrons. The Bertz CT molecular complexity index is 384. The summed E-state index contributed by atoms with van der Waals surface area (Å²) < 4.78 is 0. The molecule has 14 heavy (non-hydrogen) atoms. The number of pyridine rings is 2. The zero-order valence-electron chi connectivity index (χ0n) is 8.36. The van der Waals surface area contributed by atoms with Gasteiger partial charge in [0.15, 0.2) is 0 Å². The summed E-state index contributed by atoms with van der Waals surface area (Å²) in [4.78, 5) is 8.14. The van der Waals surface area contributed by atoms with Crippen LogP contribution < -0.4 is 51.4 Å². The first-order valence-electron chi connectivity index (χ1n) is 4.12. The van der Waals surface area contributed by atoms with Gasteiger partial charge in [0.2, 0.25) is 0 Å². The molecular weight excluding hydrogens is 199 g/mol. The van der Waals surface area contributed by atoms with Gasteiger partial charge < -0.3 is 4.98 Å². The van der Waals surface area contributed by atoms with E-state index in [1.54, 1.807) is 6.20 Å². The zero-order chi connectivity index (χ0) is 9.10. The predicted molar refractivity (Wildman–Crippen MR) is 51.0 cm³/mol. The summed E-state index contributed by atoms with van der Waals surface area (Å²) in [5, 5.41) is 0. The zero-order valence-corrected chi connectivity index (χ0v) is 11.5. The van der Waals surface area contributed by atoms with Crippen molar-refractivity contribution in [2.75, 3.05) is 0 Å². The Morgan fingerprint density at radius 1 is 1.21 bits per heavy atom. The first-order valence-corrected chi connectivity index (χ1v) is 4.12. The Balaban J connectivity index is 0.000000980. The van der Waals surface area contributed by atoms with Crippen molar-refractivity contribution in [3.63, 3.8) is 0 Å². The normalized spacial score (nSPS) is 9.21. The quantitative estimate of drug-likeness (QED) is 0.455. The van der Waals surface area contributed by atoms with Gasteiger partial charge in [0, 0.05) is 6.20 Å². The molecule has 2 rings (SSSR count). The van der Waals surface area contributed by atoms with Crippen molar-refractivity contribution >= 4 is 0 Å². The molecule has 0 amide bonds. The van der Waals surface area contributed by atoms with Gasteiger partial charge in [0.05, 0.1) is 0 Å². The number of rotatable bonds is 1. The molecule has 2 nitrogen and oxygen atoms in total. The molecule has 0 N–H and O–H groups in total. The van der Waals surface area contributed by atoms with Crippen LogP contribution >= 0.6 is 0 Å². The fourth-order valence-electron chi connectivity index (χ4n) is 1.11. The molecule has 0 spiro atoms. The number of hydrogen-bond donors (Lipinski definition) is 0. The molecule has 0 atom stereocenters. The summed E-state index contributed by atoms with van der Waals surface area (Å²) in [6, 6.07) is 7.87. The monoisotopic (exact) mass is 208 g/mol. The van der Waals surface area contributed by atoms with Gasteiger partial charge in [-0.25, -0.2) is 0 Å². The van der Waals surface area contributed by atoms with Gasteiger partial charge in [0.25, 0.3) is 0 Å². The Labute approximate surface area is 126 Å². The molecule has 2 heterocycles. The van der Waals surface area contributed by atoms with Crippen molar-refractivity contribution in [1.82, 2.24) is 9.97 Å². The van der Waals surface area contributed by atoms with E-state index in [0.717, 1.165) is 16.8 Å². The van der Waals surface area contributed by atoms with Gasteiger partial charge in [-0.1, -0.05) is 24.6 Å². The van der Waals surface area contributed by atoms with E-state index >= 15 is 0 Å². The molecule has 0 saturated carbocycles. The molecule has 0 aromatic carbocycles. The predicted octanol–water partition coefficient (Wildman–Crippen LogP) is -0.744. The molecule has 3 heteroatoms. The molecule has 2 aromatic rings. The van der Waals surface area contributed by atoms with Crippen LogP contribution in [-0.2, 0) is 0 Å². The largest absolute Gasteiger partial charge is 1.00 e.